The molecule has 0 spiro atoms. The van der Waals surface area contributed by atoms with Crippen LogP contribution in [0.2, 0.25) is 5.15 Å². The molecule has 9 nitrogen and oxygen atoms in total. The Labute approximate surface area is 266 Å². The third-order valence-electron chi connectivity index (χ3n) is 8.12. The number of benzene rings is 2. The van der Waals surface area contributed by atoms with E-state index >= 15 is 0 Å². The molecule has 0 bridgehead atoms. The lowest BCUT2D eigenvalue weighted by Crippen LogP contribution is -2.37. The lowest BCUT2D eigenvalue weighted by atomic mass is 10.1. The molecule has 0 aliphatic carbocycles. The van der Waals surface area contributed by atoms with Crippen molar-refractivity contribution < 1.29 is 9.47 Å². The van der Waals surface area contributed by atoms with Gasteiger partial charge in [0.1, 0.15) is 23.1 Å². The Bertz CT molecular complexity index is 2060. The second kappa shape index (κ2) is 13.5. The summed E-state index contributed by atoms with van der Waals surface area (Å²) in [6.45, 7) is 9.01. The number of rotatable bonds is 1. The maximum absolute atomic E-state index is 9.51. The first-order chi connectivity index (χ1) is 22.0. The molecule has 8 rings (SSSR count). The zero-order valence-electron chi connectivity index (χ0n) is 25.5. The lowest BCUT2D eigenvalue weighted by Gasteiger charge is -2.30. The standard InChI is InChI=1S/C17H16N4O.C13H8ClN3.C5H10O/c1-12-10-16(20-6-8-22-9-7-20)21-15-5-3-2-4-14(15)19-17(21)13(12)11-18;1-8-6-12(14)17-11-5-3-2-4-10(11)16-13(17)9(8)7-15;1-2-4-6-5-3-1/h2-5,10H,6-9H2,1H3;2-6H,1H3;1-5H2. The highest BCUT2D eigenvalue weighted by Gasteiger charge is 2.20. The minimum absolute atomic E-state index is 0.574. The Balaban J connectivity index is 0.000000137. The van der Waals surface area contributed by atoms with Crippen LogP contribution < -0.4 is 4.90 Å². The van der Waals surface area contributed by atoms with E-state index in [4.69, 9.17) is 21.1 Å². The van der Waals surface area contributed by atoms with E-state index in [-0.39, 0.29) is 0 Å². The van der Waals surface area contributed by atoms with Gasteiger partial charge in [0.2, 0.25) is 0 Å². The van der Waals surface area contributed by atoms with Crippen LogP contribution >= 0.6 is 11.6 Å². The quantitative estimate of drug-likeness (QED) is 0.182. The average Bonchev–Trinajstić information content (AvgIpc) is 3.66. The maximum atomic E-state index is 9.51. The Morgan fingerprint density at radius 2 is 1.20 bits per heavy atom. The predicted octanol–water partition coefficient (Wildman–Crippen LogP) is 7.01. The molecule has 6 heterocycles. The van der Waals surface area contributed by atoms with Gasteiger partial charge in [0.25, 0.3) is 0 Å². The summed E-state index contributed by atoms with van der Waals surface area (Å²) in [5, 5.41) is 19.3. The summed E-state index contributed by atoms with van der Waals surface area (Å²) in [4.78, 5) is 11.5. The van der Waals surface area contributed by atoms with Crippen molar-refractivity contribution in [1.29, 1.82) is 10.5 Å². The van der Waals surface area contributed by atoms with Gasteiger partial charge in [-0.1, -0.05) is 35.9 Å². The number of anilines is 1. The Hall–Kier alpha value is -4.67. The zero-order chi connectivity index (χ0) is 31.3. The molecule has 0 unspecified atom stereocenters. The molecule has 2 saturated heterocycles. The molecule has 2 fully saturated rings. The minimum atomic E-state index is 0.574. The normalized spacial score (nSPS) is 14.8. The number of nitriles is 2. The van der Waals surface area contributed by atoms with Crippen LogP contribution in [0.3, 0.4) is 0 Å². The number of imidazole rings is 2. The molecule has 45 heavy (non-hydrogen) atoms. The third-order valence-corrected chi connectivity index (χ3v) is 8.40. The van der Waals surface area contributed by atoms with Gasteiger partial charge in [0.15, 0.2) is 11.3 Å². The molecule has 6 aromatic rings. The summed E-state index contributed by atoms with van der Waals surface area (Å²) in [7, 11) is 0. The molecule has 2 aliphatic heterocycles. The fraction of sp³-hybridized carbons (Fsp3) is 0.314. The molecule has 0 N–H and O–H groups in total. The van der Waals surface area contributed by atoms with Gasteiger partial charge in [0, 0.05) is 26.3 Å². The summed E-state index contributed by atoms with van der Waals surface area (Å²) in [6, 6.07) is 24.1. The lowest BCUT2D eigenvalue weighted by molar-refractivity contribution is 0.0968. The second-order valence-corrected chi connectivity index (χ2v) is 11.5. The molecular weight excluding hydrogens is 586 g/mol. The number of halogens is 1. The molecule has 0 saturated carbocycles. The van der Waals surface area contributed by atoms with Crippen LogP contribution in [-0.4, -0.2) is 58.3 Å². The molecule has 0 amide bonds. The van der Waals surface area contributed by atoms with Crippen molar-refractivity contribution in [3.63, 3.8) is 0 Å². The van der Waals surface area contributed by atoms with Gasteiger partial charge in [-0.05, 0) is 80.6 Å². The van der Waals surface area contributed by atoms with E-state index in [0.717, 1.165) is 84.2 Å². The van der Waals surface area contributed by atoms with E-state index in [1.54, 1.807) is 6.07 Å². The fourth-order valence-electron chi connectivity index (χ4n) is 5.82. The number of para-hydroxylation sites is 4. The van der Waals surface area contributed by atoms with Crippen LogP contribution in [-0.2, 0) is 9.47 Å². The molecule has 2 aromatic carbocycles. The van der Waals surface area contributed by atoms with Gasteiger partial charge < -0.3 is 14.4 Å². The van der Waals surface area contributed by atoms with Crippen LogP contribution in [0.1, 0.15) is 41.5 Å². The van der Waals surface area contributed by atoms with Crippen molar-refractivity contribution in [2.75, 3.05) is 44.4 Å². The minimum Gasteiger partial charge on any atom is -0.381 e. The summed E-state index contributed by atoms with van der Waals surface area (Å²) in [6.07, 6.45) is 3.93. The van der Waals surface area contributed by atoms with Crippen molar-refractivity contribution in [2.45, 2.75) is 33.1 Å². The van der Waals surface area contributed by atoms with Crippen molar-refractivity contribution in [2.24, 2.45) is 0 Å². The number of hydrogen-bond acceptors (Lipinski definition) is 7. The van der Waals surface area contributed by atoms with E-state index in [2.05, 4.69) is 43.5 Å². The topological polar surface area (TPSA) is 104 Å². The highest BCUT2D eigenvalue weighted by Crippen LogP contribution is 2.29. The molecular formula is C35H34ClN7O2. The van der Waals surface area contributed by atoms with Gasteiger partial charge in [-0.3, -0.25) is 8.80 Å². The zero-order valence-corrected chi connectivity index (χ0v) is 26.2. The number of aryl methyl sites for hydroxylation is 2. The number of nitrogens with zero attached hydrogens (tertiary/aromatic N) is 7. The SMILES string of the molecule is C1CCOCC1.Cc1cc(Cl)n2c(nc3ccccc32)c1C#N.Cc1cc(N2CCOCC2)n2c(nc3ccccc32)c1C#N. The third kappa shape index (κ3) is 6.03. The summed E-state index contributed by atoms with van der Waals surface area (Å²) >= 11 is 6.23. The van der Waals surface area contributed by atoms with Gasteiger partial charge in [0.05, 0.1) is 46.4 Å². The number of aromatic nitrogens is 4. The average molecular weight is 620 g/mol. The number of morpholine rings is 1. The first-order valence-electron chi connectivity index (χ1n) is 15.2. The van der Waals surface area contributed by atoms with E-state index < -0.39 is 0 Å². The van der Waals surface area contributed by atoms with E-state index in [9.17, 15) is 10.5 Å². The molecule has 228 valence electrons. The number of fused-ring (bicyclic) bond motifs is 6. The molecule has 0 atom stereocenters. The first-order valence-corrected chi connectivity index (χ1v) is 15.6. The highest BCUT2D eigenvalue weighted by molar-refractivity contribution is 6.30. The van der Waals surface area contributed by atoms with Crippen LogP contribution in [0.5, 0.6) is 0 Å². The summed E-state index contributed by atoms with van der Waals surface area (Å²) < 4.78 is 14.4. The van der Waals surface area contributed by atoms with Crippen molar-refractivity contribution in [3.8, 4) is 12.1 Å². The van der Waals surface area contributed by atoms with E-state index in [0.29, 0.717) is 21.9 Å². The van der Waals surface area contributed by atoms with Crippen LogP contribution in [0.15, 0.2) is 60.7 Å². The monoisotopic (exact) mass is 619 g/mol. The second-order valence-electron chi connectivity index (χ2n) is 11.1. The molecule has 2 aliphatic rings. The largest absolute Gasteiger partial charge is 0.381 e. The van der Waals surface area contributed by atoms with Gasteiger partial charge >= 0.3 is 0 Å². The van der Waals surface area contributed by atoms with Gasteiger partial charge in [-0.25, -0.2) is 9.97 Å². The van der Waals surface area contributed by atoms with Crippen molar-refractivity contribution in [3.05, 3.63) is 88.1 Å². The van der Waals surface area contributed by atoms with Gasteiger partial charge in [-0.15, -0.1) is 0 Å². The van der Waals surface area contributed by atoms with Crippen LogP contribution in [0.25, 0.3) is 33.4 Å². The smallest absolute Gasteiger partial charge is 0.157 e. The fourth-order valence-corrected chi connectivity index (χ4v) is 6.16. The highest BCUT2D eigenvalue weighted by atomic mass is 35.5. The first kappa shape index (κ1) is 30.4. The van der Waals surface area contributed by atoms with Crippen molar-refractivity contribution in [1.82, 2.24) is 18.8 Å². The maximum Gasteiger partial charge on any atom is 0.157 e. The number of pyridine rings is 2. The molecule has 4 aromatic heterocycles. The van der Waals surface area contributed by atoms with Gasteiger partial charge in [-0.2, -0.15) is 10.5 Å². The predicted molar refractivity (Wildman–Crippen MR) is 177 cm³/mol. The number of ether oxygens (including phenoxy) is 2. The van der Waals surface area contributed by atoms with Crippen LogP contribution in [0.4, 0.5) is 5.82 Å². The van der Waals surface area contributed by atoms with Crippen LogP contribution in [0, 0.1) is 36.5 Å². The van der Waals surface area contributed by atoms with E-state index in [1.807, 2.05) is 60.7 Å². The molecule has 0 radical (unpaired) electrons. The Morgan fingerprint density at radius 3 is 1.73 bits per heavy atom. The number of hydrogen-bond donors (Lipinski definition) is 0. The summed E-state index contributed by atoms with van der Waals surface area (Å²) in [5.74, 6) is 1.09. The van der Waals surface area contributed by atoms with E-state index in [1.165, 1.54) is 19.3 Å². The Morgan fingerprint density at radius 1 is 0.689 bits per heavy atom. The summed E-state index contributed by atoms with van der Waals surface area (Å²) in [5.41, 5.74) is 8.12. The Kier molecular flexibility index (Phi) is 9.13. The van der Waals surface area contributed by atoms with Crippen molar-refractivity contribution >= 4 is 50.8 Å². The molecule has 10 heteroatoms.